The van der Waals surface area contributed by atoms with Crippen molar-refractivity contribution >= 4 is 32.5 Å². The van der Waals surface area contributed by atoms with Crippen LogP contribution in [-0.4, -0.2) is 32.8 Å². The molecule has 0 amide bonds. The molecule has 0 bridgehead atoms. The van der Waals surface area contributed by atoms with E-state index in [9.17, 15) is 4.21 Å². The van der Waals surface area contributed by atoms with Crippen LogP contribution in [0.15, 0.2) is 22.8 Å². The van der Waals surface area contributed by atoms with Crippen LogP contribution < -0.4 is 4.90 Å². The molecule has 0 spiro atoms. The Kier molecular flexibility index (Phi) is 4.43. The Bertz CT molecular complexity index is 431. The van der Waals surface area contributed by atoms with Gasteiger partial charge in [-0.3, -0.25) is 4.21 Å². The molecule has 1 unspecified atom stereocenters. The minimum atomic E-state index is -0.714. The van der Waals surface area contributed by atoms with Crippen LogP contribution in [0.3, 0.4) is 0 Å². The standard InChI is InChI=1S/C13H19BrN2OS/c1-3-13(4-2)10-16(7-8-18(13)17)12-6-5-11(14)9-15-12/h5-6,9H,3-4,7-8,10H2,1-2H3. The van der Waals surface area contributed by atoms with Gasteiger partial charge in [0.15, 0.2) is 0 Å². The van der Waals surface area contributed by atoms with Crippen molar-refractivity contribution in [2.24, 2.45) is 0 Å². The van der Waals surface area contributed by atoms with Crippen molar-refractivity contribution in [3.8, 4) is 0 Å². The third-order valence-electron chi connectivity index (χ3n) is 3.83. The lowest BCUT2D eigenvalue weighted by molar-refractivity contribution is 0.494. The summed E-state index contributed by atoms with van der Waals surface area (Å²) in [6, 6.07) is 4.03. The van der Waals surface area contributed by atoms with Gasteiger partial charge in [-0.15, -0.1) is 0 Å². The maximum Gasteiger partial charge on any atom is 0.128 e. The molecule has 1 fully saturated rings. The van der Waals surface area contributed by atoms with E-state index in [-0.39, 0.29) is 4.75 Å². The molecule has 0 N–H and O–H groups in total. The van der Waals surface area contributed by atoms with Gasteiger partial charge < -0.3 is 4.90 Å². The highest BCUT2D eigenvalue weighted by molar-refractivity contribution is 9.10. The molecule has 0 aliphatic carbocycles. The third-order valence-corrected chi connectivity index (χ3v) is 6.53. The van der Waals surface area contributed by atoms with E-state index in [1.54, 1.807) is 0 Å². The Labute approximate surface area is 120 Å². The topological polar surface area (TPSA) is 33.2 Å². The summed E-state index contributed by atoms with van der Waals surface area (Å²) in [7, 11) is -0.714. The number of hydrogen-bond donors (Lipinski definition) is 0. The summed E-state index contributed by atoms with van der Waals surface area (Å²) in [5.41, 5.74) is 0. The molecule has 1 saturated heterocycles. The predicted octanol–water partition coefficient (Wildman–Crippen LogP) is 2.97. The van der Waals surface area contributed by atoms with Crippen LogP contribution >= 0.6 is 15.9 Å². The van der Waals surface area contributed by atoms with Crippen molar-refractivity contribution in [1.82, 2.24) is 4.98 Å². The first-order chi connectivity index (χ1) is 8.61. The van der Waals surface area contributed by atoms with Crippen LogP contribution in [0.5, 0.6) is 0 Å². The molecule has 0 saturated carbocycles. The maximum absolute atomic E-state index is 12.3. The van der Waals surface area contributed by atoms with E-state index in [1.165, 1.54) is 0 Å². The first kappa shape index (κ1) is 14.0. The Hall–Kier alpha value is -0.420. The number of hydrogen-bond acceptors (Lipinski definition) is 3. The van der Waals surface area contributed by atoms with E-state index in [1.807, 2.05) is 18.3 Å². The Morgan fingerprint density at radius 3 is 2.72 bits per heavy atom. The van der Waals surface area contributed by atoms with Gasteiger partial charge in [0.2, 0.25) is 0 Å². The smallest absolute Gasteiger partial charge is 0.128 e. The van der Waals surface area contributed by atoms with E-state index in [0.717, 1.165) is 42.0 Å². The SMILES string of the molecule is CCC1(CC)CN(c2ccc(Br)cn2)CCS1=O. The van der Waals surface area contributed by atoms with E-state index in [2.05, 4.69) is 39.7 Å². The summed E-state index contributed by atoms with van der Waals surface area (Å²) < 4.78 is 13.2. The van der Waals surface area contributed by atoms with Gasteiger partial charge in [0.05, 0.1) is 4.75 Å². The molecule has 1 atom stereocenters. The molecule has 2 heterocycles. The fourth-order valence-electron chi connectivity index (χ4n) is 2.45. The average molecular weight is 331 g/mol. The van der Waals surface area contributed by atoms with Gasteiger partial charge in [-0.2, -0.15) is 0 Å². The normalized spacial score (nSPS) is 23.1. The zero-order valence-corrected chi connectivity index (χ0v) is 13.3. The lowest BCUT2D eigenvalue weighted by Crippen LogP contribution is -2.53. The van der Waals surface area contributed by atoms with Crippen molar-refractivity contribution in [2.45, 2.75) is 31.4 Å². The number of rotatable bonds is 3. The van der Waals surface area contributed by atoms with Crippen molar-refractivity contribution in [3.05, 3.63) is 22.8 Å². The monoisotopic (exact) mass is 330 g/mol. The lowest BCUT2D eigenvalue weighted by Gasteiger charge is -2.41. The molecule has 1 aromatic heterocycles. The molecular formula is C13H19BrN2OS. The van der Waals surface area contributed by atoms with Crippen molar-refractivity contribution in [1.29, 1.82) is 0 Å². The first-order valence-corrected chi connectivity index (χ1v) is 8.47. The second kappa shape index (κ2) is 5.70. The summed E-state index contributed by atoms with van der Waals surface area (Å²) in [4.78, 5) is 6.71. The highest BCUT2D eigenvalue weighted by Gasteiger charge is 2.39. The molecular weight excluding hydrogens is 312 g/mol. The number of halogens is 1. The Morgan fingerprint density at radius 1 is 1.44 bits per heavy atom. The molecule has 18 heavy (non-hydrogen) atoms. The van der Waals surface area contributed by atoms with E-state index >= 15 is 0 Å². The van der Waals surface area contributed by atoms with Gasteiger partial charge in [0.25, 0.3) is 0 Å². The molecule has 1 aromatic rings. The van der Waals surface area contributed by atoms with Gasteiger partial charge in [-0.05, 0) is 40.9 Å². The van der Waals surface area contributed by atoms with Crippen molar-refractivity contribution < 1.29 is 4.21 Å². The molecule has 0 aromatic carbocycles. The molecule has 1 aliphatic heterocycles. The van der Waals surface area contributed by atoms with Crippen molar-refractivity contribution in [3.63, 3.8) is 0 Å². The Morgan fingerprint density at radius 2 is 2.17 bits per heavy atom. The first-order valence-electron chi connectivity index (χ1n) is 6.36. The maximum atomic E-state index is 12.3. The molecule has 2 rings (SSSR count). The zero-order chi connectivity index (χ0) is 13.2. The third kappa shape index (κ3) is 2.62. The summed E-state index contributed by atoms with van der Waals surface area (Å²) in [5, 5.41) is 0. The quantitative estimate of drug-likeness (QED) is 0.854. The van der Waals surface area contributed by atoms with E-state index in [4.69, 9.17) is 0 Å². The zero-order valence-electron chi connectivity index (χ0n) is 10.9. The average Bonchev–Trinajstić information content (AvgIpc) is 2.41. The number of aromatic nitrogens is 1. The molecule has 5 heteroatoms. The minimum absolute atomic E-state index is 0.0625. The summed E-state index contributed by atoms with van der Waals surface area (Å²) in [6.07, 6.45) is 3.74. The lowest BCUT2D eigenvalue weighted by atomic mass is 10.0. The van der Waals surface area contributed by atoms with Crippen molar-refractivity contribution in [2.75, 3.05) is 23.7 Å². The van der Waals surface area contributed by atoms with Crippen LogP contribution in [-0.2, 0) is 10.8 Å². The number of pyridine rings is 1. The van der Waals surface area contributed by atoms with Crippen LogP contribution in [0.2, 0.25) is 0 Å². The molecule has 0 radical (unpaired) electrons. The van der Waals surface area contributed by atoms with Gasteiger partial charge in [0, 0.05) is 40.3 Å². The highest BCUT2D eigenvalue weighted by atomic mass is 79.9. The fourth-order valence-corrected chi connectivity index (χ4v) is 4.45. The molecule has 100 valence electrons. The predicted molar refractivity (Wildman–Crippen MR) is 80.5 cm³/mol. The van der Waals surface area contributed by atoms with Crippen LogP contribution in [0, 0.1) is 0 Å². The van der Waals surface area contributed by atoms with Crippen LogP contribution in [0.25, 0.3) is 0 Å². The minimum Gasteiger partial charge on any atom is -0.354 e. The van der Waals surface area contributed by atoms with Crippen LogP contribution in [0.1, 0.15) is 26.7 Å². The summed E-state index contributed by atoms with van der Waals surface area (Å²) in [6.45, 7) is 5.96. The Balaban J connectivity index is 2.21. The summed E-state index contributed by atoms with van der Waals surface area (Å²) in [5.74, 6) is 1.74. The van der Waals surface area contributed by atoms with Gasteiger partial charge >= 0.3 is 0 Å². The van der Waals surface area contributed by atoms with E-state index < -0.39 is 10.8 Å². The second-order valence-corrected chi connectivity index (χ2v) is 7.58. The largest absolute Gasteiger partial charge is 0.354 e. The fraction of sp³-hybridized carbons (Fsp3) is 0.615. The van der Waals surface area contributed by atoms with Gasteiger partial charge in [-0.1, -0.05) is 13.8 Å². The second-order valence-electron chi connectivity index (χ2n) is 4.70. The van der Waals surface area contributed by atoms with E-state index in [0.29, 0.717) is 0 Å². The highest BCUT2D eigenvalue weighted by Crippen LogP contribution is 2.30. The molecule has 1 aliphatic rings. The van der Waals surface area contributed by atoms with Gasteiger partial charge in [0.1, 0.15) is 5.82 Å². The number of nitrogens with zero attached hydrogens (tertiary/aromatic N) is 2. The number of anilines is 1. The molecule has 3 nitrogen and oxygen atoms in total. The van der Waals surface area contributed by atoms with Gasteiger partial charge in [-0.25, -0.2) is 4.98 Å². The summed E-state index contributed by atoms with van der Waals surface area (Å²) >= 11 is 3.40. The van der Waals surface area contributed by atoms with Crippen LogP contribution in [0.4, 0.5) is 5.82 Å².